The Balaban J connectivity index is 1.94. The Bertz CT molecular complexity index is 989. The van der Waals surface area contributed by atoms with Gasteiger partial charge in [0.25, 0.3) is 0 Å². The van der Waals surface area contributed by atoms with Crippen LogP contribution in [0.4, 0.5) is 15.3 Å². The number of carbonyl (C=O) groups is 2. The number of aliphatic imine (C=N–C) groups is 2. The van der Waals surface area contributed by atoms with Crippen molar-refractivity contribution in [2.24, 2.45) is 9.98 Å². The standard InChI is InChI=1S/C22H27Cl2N5O3/c1-13-8-7-9-16(23)17(13)28-10-14(2)18(26-19(24)25-6)29(20(28)30)15-11-27(12-15)21(31)32-22(3,4)5/h7-9,15H,6,10-12H2,1-5H3. The van der Waals surface area contributed by atoms with Crippen LogP contribution in [0.25, 0.3) is 0 Å². The number of ether oxygens (including phenoxy) is 1. The van der Waals surface area contributed by atoms with E-state index in [1.807, 2.05) is 46.8 Å². The largest absolute Gasteiger partial charge is 0.444 e. The molecule has 0 radical (unpaired) electrons. The van der Waals surface area contributed by atoms with Crippen molar-refractivity contribution in [1.29, 1.82) is 0 Å². The van der Waals surface area contributed by atoms with Crippen molar-refractivity contribution in [3.8, 4) is 0 Å². The molecular weight excluding hydrogens is 453 g/mol. The molecule has 3 amide bonds. The van der Waals surface area contributed by atoms with Gasteiger partial charge in [0.2, 0.25) is 5.29 Å². The predicted octanol–water partition coefficient (Wildman–Crippen LogP) is 5.04. The van der Waals surface area contributed by atoms with Gasteiger partial charge in [-0.2, -0.15) is 0 Å². The molecule has 10 heteroatoms. The number of anilines is 1. The van der Waals surface area contributed by atoms with Gasteiger partial charge in [-0.3, -0.25) is 9.80 Å². The fourth-order valence-corrected chi connectivity index (χ4v) is 4.04. The van der Waals surface area contributed by atoms with Gasteiger partial charge in [0.05, 0.1) is 23.3 Å². The summed E-state index contributed by atoms with van der Waals surface area (Å²) in [6.45, 7) is 13.5. The summed E-state index contributed by atoms with van der Waals surface area (Å²) in [5, 5.41) is 0.413. The molecule has 1 aromatic carbocycles. The highest BCUT2D eigenvalue weighted by molar-refractivity contribution is 6.65. The highest BCUT2D eigenvalue weighted by atomic mass is 35.5. The van der Waals surface area contributed by atoms with Crippen molar-refractivity contribution in [2.75, 3.05) is 24.5 Å². The molecule has 0 N–H and O–H groups in total. The minimum Gasteiger partial charge on any atom is -0.444 e. The van der Waals surface area contributed by atoms with E-state index < -0.39 is 11.7 Å². The van der Waals surface area contributed by atoms with Crippen molar-refractivity contribution in [3.05, 3.63) is 40.2 Å². The molecule has 0 unspecified atom stereocenters. The van der Waals surface area contributed by atoms with E-state index in [0.717, 1.165) is 11.1 Å². The van der Waals surface area contributed by atoms with E-state index in [4.69, 9.17) is 27.9 Å². The Morgan fingerprint density at radius 1 is 1.25 bits per heavy atom. The number of amidine groups is 1. The Hall–Kier alpha value is -2.58. The van der Waals surface area contributed by atoms with Crippen molar-refractivity contribution in [3.63, 3.8) is 0 Å². The zero-order valence-electron chi connectivity index (χ0n) is 18.9. The Labute approximate surface area is 198 Å². The van der Waals surface area contributed by atoms with Crippen LogP contribution >= 0.6 is 23.2 Å². The number of urea groups is 1. The Morgan fingerprint density at radius 2 is 1.91 bits per heavy atom. The third kappa shape index (κ3) is 4.91. The van der Waals surface area contributed by atoms with Crippen LogP contribution in [0.1, 0.15) is 33.3 Å². The molecule has 2 heterocycles. The van der Waals surface area contributed by atoms with E-state index in [-0.39, 0.29) is 17.4 Å². The maximum atomic E-state index is 13.7. The van der Waals surface area contributed by atoms with E-state index >= 15 is 0 Å². The second-order valence-electron chi connectivity index (χ2n) is 8.83. The summed E-state index contributed by atoms with van der Waals surface area (Å²) < 4.78 is 5.43. The maximum absolute atomic E-state index is 13.7. The van der Waals surface area contributed by atoms with Crippen molar-refractivity contribution in [2.45, 2.75) is 46.3 Å². The highest BCUT2D eigenvalue weighted by Crippen LogP contribution is 2.36. The number of para-hydroxylation sites is 1. The third-order valence-electron chi connectivity index (χ3n) is 5.11. The van der Waals surface area contributed by atoms with Gasteiger partial charge in [-0.15, -0.1) is 0 Å². The van der Waals surface area contributed by atoms with Gasteiger partial charge in [-0.05, 0) is 70.1 Å². The van der Waals surface area contributed by atoms with Gasteiger partial charge in [-0.1, -0.05) is 23.7 Å². The van der Waals surface area contributed by atoms with Crippen LogP contribution in [0.2, 0.25) is 5.02 Å². The number of halogens is 2. The molecule has 8 nitrogen and oxygen atoms in total. The van der Waals surface area contributed by atoms with Gasteiger partial charge in [0.15, 0.2) is 0 Å². The van der Waals surface area contributed by atoms with Gasteiger partial charge < -0.3 is 9.64 Å². The SMILES string of the molecule is C=NC(Cl)=NC1=C(C)CN(c2c(C)cccc2Cl)C(=O)N1C1CN(C(=O)OC(C)(C)C)C1. The predicted molar refractivity (Wildman–Crippen MR) is 128 cm³/mol. The fourth-order valence-electron chi connectivity index (χ4n) is 3.64. The molecule has 1 fully saturated rings. The summed E-state index contributed by atoms with van der Waals surface area (Å²) in [6, 6.07) is 4.89. The quantitative estimate of drug-likeness (QED) is 0.346. The zero-order chi connectivity index (χ0) is 23.8. The van der Waals surface area contributed by atoms with Gasteiger partial charge in [0, 0.05) is 13.1 Å². The maximum Gasteiger partial charge on any atom is 0.410 e. The molecule has 0 aliphatic carbocycles. The smallest absolute Gasteiger partial charge is 0.410 e. The average molecular weight is 480 g/mol. The number of nitrogens with zero attached hydrogens (tertiary/aromatic N) is 5. The first-order chi connectivity index (χ1) is 14.9. The lowest BCUT2D eigenvalue weighted by molar-refractivity contribution is -0.00488. The van der Waals surface area contributed by atoms with Crippen LogP contribution in [-0.2, 0) is 4.74 Å². The first-order valence-corrected chi connectivity index (χ1v) is 10.9. The van der Waals surface area contributed by atoms with Crippen molar-refractivity contribution >= 4 is 53.0 Å². The third-order valence-corrected chi connectivity index (χ3v) is 5.62. The van der Waals surface area contributed by atoms with Crippen LogP contribution in [-0.4, -0.2) is 65.2 Å². The van der Waals surface area contributed by atoms with Crippen LogP contribution in [0.5, 0.6) is 0 Å². The van der Waals surface area contributed by atoms with Gasteiger partial charge in [-0.25, -0.2) is 19.6 Å². The van der Waals surface area contributed by atoms with Crippen LogP contribution in [0.15, 0.2) is 39.6 Å². The van der Waals surface area contributed by atoms with E-state index in [2.05, 4.69) is 16.7 Å². The summed E-state index contributed by atoms with van der Waals surface area (Å²) in [7, 11) is 0. The molecule has 2 aliphatic heterocycles. The summed E-state index contributed by atoms with van der Waals surface area (Å²) in [4.78, 5) is 38.7. The Kier molecular flexibility index (Phi) is 6.86. The van der Waals surface area contributed by atoms with Gasteiger partial charge in [0.1, 0.15) is 11.4 Å². The average Bonchev–Trinajstić information content (AvgIpc) is 2.64. The number of rotatable bonds is 3. The first-order valence-electron chi connectivity index (χ1n) is 10.2. The van der Waals surface area contributed by atoms with Crippen molar-refractivity contribution in [1.82, 2.24) is 9.80 Å². The molecule has 32 heavy (non-hydrogen) atoms. The lowest BCUT2D eigenvalue weighted by Gasteiger charge is -2.48. The second-order valence-corrected chi connectivity index (χ2v) is 9.57. The summed E-state index contributed by atoms with van der Waals surface area (Å²) in [6.07, 6.45) is -0.423. The highest BCUT2D eigenvalue weighted by Gasteiger charge is 2.44. The van der Waals surface area contributed by atoms with E-state index in [1.54, 1.807) is 20.8 Å². The van der Waals surface area contributed by atoms with E-state index in [0.29, 0.717) is 36.2 Å². The molecule has 1 saturated heterocycles. The monoisotopic (exact) mass is 479 g/mol. The number of aryl methyl sites for hydroxylation is 1. The lowest BCUT2D eigenvalue weighted by Crippen LogP contribution is -2.65. The van der Waals surface area contributed by atoms with Crippen LogP contribution in [0.3, 0.4) is 0 Å². The summed E-state index contributed by atoms with van der Waals surface area (Å²) >= 11 is 12.5. The molecule has 1 aromatic rings. The number of hydrogen-bond donors (Lipinski definition) is 0. The number of benzene rings is 1. The number of likely N-dealkylation sites (tertiary alicyclic amines) is 1. The molecule has 0 atom stereocenters. The summed E-state index contributed by atoms with van der Waals surface area (Å²) in [5.74, 6) is 0.405. The minimum absolute atomic E-state index is 0.0668. The molecule has 172 valence electrons. The second kappa shape index (κ2) is 9.11. The topological polar surface area (TPSA) is 77.8 Å². The number of carbonyl (C=O) groups excluding carboxylic acids is 2. The van der Waals surface area contributed by atoms with E-state index in [1.165, 1.54) is 0 Å². The molecule has 2 aliphatic rings. The van der Waals surface area contributed by atoms with Crippen LogP contribution in [0, 0.1) is 6.92 Å². The lowest BCUT2D eigenvalue weighted by atomic mass is 10.0. The first kappa shape index (κ1) is 24.1. The molecule has 0 saturated carbocycles. The molecule has 0 spiro atoms. The Morgan fingerprint density at radius 3 is 2.47 bits per heavy atom. The van der Waals surface area contributed by atoms with Crippen molar-refractivity contribution < 1.29 is 14.3 Å². The number of amides is 3. The van der Waals surface area contributed by atoms with Gasteiger partial charge >= 0.3 is 12.1 Å². The normalized spacial score (nSPS) is 18.2. The van der Waals surface area contributed by atoms with E-state index in [9.17, 15) is 9.59 Å². The molecule has 0 aromatic heterocycles. The fraction of sp³-hybridized carbons (Fsp3) is 0.455. The molecule has 3 rings (SSSR count). The van der Waals surface area contributed by atoms with Crippen LogP contribution < -0.4 is 4.90 Å². The zero-order valence-corrected chi connectivity index (χ0v) is 20.4. The molecular formula is C22H27Cl2N5O3. The minimum atomic E-state index is -0.601. The number of hydrogen-bond acceptors (Lipinski definition) is 4. The summed E-state index contributed by atoms with van der Waals surface area (Å²) in [5.41, 5.74) is 1.72. The molecule has 0 bridgehead atoms.